The highest BCUT2D eigenvalue weighted by molar-refractivity contribution is 7.86. The molecular formula is C30H37F7O7S2. The summed E-state index contributed by atoms with van der Waals surface area (Å²) in [5, 5.41) is 0. The lowest BCUT2D eigenvalue weighted by atomic mass is 9.68. The Morgan fingerprint density at radius 2 is 1.28 bits per heavy atom. The van der Waals surface area contributed by atoms with Gasteiger partial charge in [-0.3, -0.25) is 8.37 Å². The van der Waals surface area contributed by atoms with Crippen molar-refractivity contribution >= 4 is 20.2 Å². The first-order chi connectivity index (χ1) is 21.3. The molecule has 1 aliphatic carbocycles. The summed E-state index contributed by atoms with van der Waals surface area (Å²) in [5.41, 5.74) is -3.00. The van der Waals surface area contributed by atoms with Crippen molar-refractivity contribution < 1.29 is 60.7 Å². The second-order valence-electron chi connectivity index (χ2n) is 11.3. The molecule has 0 amide bonds. The quantitative estimate of drug-likeness (QED) is 0.147. The van der Waals surface area contributed by atoms with Crippen LogP contribution in [0.25, 0.3) is 0 Å². The van der Waals surface area contributed by atoms with Gasteiger partial charge in [-0.25, -0.2) is 4.39 Å². The molecule has 7 nitrogen and oxygen atoms in total. The molecule has 260 valence electrons. The van der Waals surface area contributed by atoms with Gasteiger partial charge in [0.25, 0.3) is 20.2 Å². The number of hydrogen-bond donors (Lipinski definition) is 0. The van der Waals surface area contributed by atoms with E-state index in [4.69, 9.17) is 13.1 Å². The van der Waals surface area contributed by atoms with Crippen LogP contribution < -0.4 is 0 Å². The molecule has 0 aliphatic heterocycles. The van der Waals surface area contributed by atoms with Crippen molar-refractivity contribution in [3.63, 3.8) is 0 Å². The van der Waals surface area contributed by atoms with E-state index in [9.17, 15) is 47.6 Å². The largest absolute Gasteiger partial charge is 0.416 e. The molecule has 0 aromatic heterocycles. The first-order valence-electron chi connectivity index (χ1n) is 14.7. The van der Waals surface area contributed by atoms with Gasteiger partial charge in [0.1, 0.15) is 5.82 Å². The van der Waals surface area contributed by atoms with Gasteiger partial charge in [0, 0.05) is 5.92 Å². The van der Waals surface area contributed by atoms with E-state index < -0.39 is 91.7 Å². The summed E-state index contributed by atoms with van der Waals surface area (Å²) in [6.45, 7) is 3.77. The number of rotatable bonds is 14. The van der Waals surface area contributed by atoms with Crippen molar-refractivity contribution in [2.24, 2.45) is 11.8 Å². The van der Waals surface area contributed by atoms with Crippen LogP contribution in [0.3, 0.4) is 0 Å². The first-order valence-corrected chi connectivity index (χ1v) is 17.9. The van der Waals surface area contributed by atoms with Gasteiger partial charge in [0.15, 0.2) is 0 Å². The third-order valence-corrected chi connectivity index (χ3v) is 10.6. The van der Waals surface area contributed by atoms with E-state index >= 15 is 0 Å². The number of benzene rings is 2. The van der Waals surface area contributed by atoms with Crippen molar-refractivity contribution in [1.82, 2.24) is 0 Å². The molecule has 1 aliphatic rings. The van der Waals surface area contributed by atoms with Crippen molar-refractivity contribution in [2.45, 2.75) is 76.9 Å². The summed E-state index contributed by atoms with van der Waals surface area (Å²) in [6, 6.07) is 6.23. The van der Waals surface area contributed by atoms with Gasteiger partial charge in [-0.15, -0.1) is 0 Å². The Hall–Kier alpha value is -2.27. The first kappa shape index (κ1) is 38.2. The van der Waals surface area contributed by atoms with Gasteiger partial charge >= 0.3 is 12.4 Å². The maximum Gasteiger partial charge on any atom is 0.416 e. The fraction of sp³-hybridized carbons (Fsp3) is 0.600. The van der Waals surface area contributed by atoms with E-state index in [1.54, 1.807) is 13.8 Å². The predicted octanol–water partition coefficient (Wildman–Crippen LogP) is 7.63. The topological polar surface area (TPSA) is 96.0 Å². The van der Waals surface area contributed by atoms with Crippen molar-refractivity contribution in [1.29, 1.82) is 0 Å². The van der Waals surface area contributed by atoms with Gasteiger partial charge in [-0.2, -0.15) is 43.2 Å². The standard InChI is InChI=1S/C30H37F7O7S2/c1-4-12-45(38,39)42-17-21-8-11-27(44-19(3)22-14-23(29(32,33)34)16-24(15-22)30(35,36)37)28(20-6-9-25(31)10-7-20)26(21)18-43-46(40,41)13-5-2/h6-7,9-10,14-16,19,21,26-28H,4-5,8,11-13,17-18H2,1-3H3/t19-,21+,26+,27-,28-/m0/s1. The molecule has 16 heteroatoms. The average molecular weight is 707 g/mol. The summed E-state index contributed by atoms with van der Waals surface area (Å²) >= 11 is 0. The lowest BCUT2D eigenvalue weighted by Gasteiger charge is -2.43. The van der Waals surface area contributed by atoms with Crippen LogP contribution in [0.1, 0.15) is 80.7 Å². The van der Waals surface area contributed by atoms with Gasteiger partial charge in [-0.1, -0.05) is 26.0 Å². The highest BCUT2D eigenvalue weighted by Gasteiger charge is 2.44. The molecule has 1 fully saturated rings. The molecule has 0 bridgehead atoms. The third-order valence-electron chi connectivity index (χ3n) is 7.81. The van der Waals surface area contributed by atoms with Crippen molar-refractivity contribution in [2.75, 3.05) is 24.7 Å². The zero-order valence-corrected chi connectivity index (χ0v) is 27.0. The molecule has 46 heavy (non-hydrogen) atoms. The van der Waals surface area contributed by atoms with Crippen molar-refractivity contribution in [3.05, 3.63) is 70.5 Å². The Morgan fingerprint density at radius 1 is 0.783 bits per heavy atom. The number of alkyl halides is 6. The SMILES string of the molecule is CCCS(=O)(=O)OC[C@H]1CC[C@H](O[C@@H](C)c2cc(C(F)(F)F)cc(C(F)(F)F)c2)[C@@H](c2ccc(F)cc2)[C@@H]1COS(=O)(=O)CCC. The summed E-state index contributed by atoms with van der Waals surface area (Å²) in [5.74, 6) is -3.46. The number of halogens is 7. The van der Waals surface area contributed by atoms with Crippen LogP contribution in [0.4, 0.5) is 30.7 Å². The predicted molar refractivity (Wildman–Crippen MR) is 155 cm³/mol. The summed E-state index contributed by atoms with van der Waals surface area (Å²) in [7, 11) is -7.93. The molecule has 0 radical (unpaired) electrons. The summed E-state index contributed by atoms with van der Waals surface area (Å²) in [6.07, 6.45) is -11.5. The van der Waals surface area contributed by atoms with E-state index in [0.717, 1.165) is 12.1 Å². The van der Waals surface area contributed by atoms with E-state index in [1.807, 2.05) is 0 Å². The summed E-state index contributed by atoms with van der Waals surface area (Å²) in [4.78, 5) is 0. The lowest BCUT2D eigenvalue weighted by Crippen LogP contribution is -2.43. The van der Waals surface area contributed by atoms with Crippen LogP contribution in [0, 0.1) is 17.7 Å². The molecule has 1 saturated carbocycles. The average Bonchev–Trinajstić information content (AvgIpc) is 2.94. The maximum absolute atomic E-state index is 13.9. The maximum atomic E-state index is 13.9. The molecule has 0 spiro atoms. The summed E-state index contributed by atoms with van der Waals surface area (Å²) < 4.78 is 162. The van der Waals surface area contributed by atoms with Gasteiger partial charge in [0.2, 0.25) is 0 Å². The van der Waals surface area contributed by atoms with E-state index in [2.05, 4.69) is 0 Å². The monoisotopic (exact) mass is 706 g/mol. The van der Waals surface area contributed by atoms with Crippen LogP contribution in [-0.2, 0) is 45.7 Å². The number of hydrogen-bond acceptors (Lipinski definition) is 7. The van der Waals surface area contributed by atoms with Gasteiger partial charge in [0.05, 0.1) is 48.1 Å². The second kappa shape index (κ2) is 15.3. The molecular weight excluding hydrogens is 669 g/mol. The Morgan fingerprint density at radius 3 is 1.76 bits per heavy atom. The molecule has 2 aromatic rings. The molecule has 0 unspecified atom stereocenters. The van der Waals surface area contributed by atoms with E-state index in [1.165, 1.54) is 19.1 Å². The minimum Gasteiger partial charge on any atom is -0.370 e. The molecule has 0 N–H and O–H groups in total. The molecule has 5 atom stereocenters. The third kappa shape index (κ3) is 10.6. The molecule has 0 heterocycles. The minimum atomic E-state index is -5.07. The van der Waals surface area contributed by atoms with Crippen molar-refractivity contribution in [3.8, 4) is 0 Å². The van der Waals surface area contributed by atoms with Crippen LogP contribution in [-0.4, -0.2) is 47.7 Å². The normalized spacial score (nSPS) is 22.1. The van der Waals surface area contributed by atoms with Crippen LogP contribution in [0.2, 0.25) is 0 Å². The highest BCUT2D eigenvalue weighted by atomic mass is 32.2. The van der Waals surface area contributed by atoms with Crippen LogP contribution >= 0.6 is 0 Å². The minimum absolute atomic E-state index is 0.0133. The molecule has 2 aromatic carbocycles. The Kier molecular flexibility index (Phi) is 12.7. The lowest BCUT2D eigenvalue weighted by molar-refractivity contribution is -0.143. The van der Waals surface area contributed by atoms with Crippen LogP contribution in [0.15, 0.2) is 42.5 Å². The molecule has 3 rings (SSSR count). The Bertz CT molecular complexity index is 1480. The molecule has 0 saturated heterocycles. The van der Waals surface area contributed by atoms with E-state index in [-0.39, 0.29) is 49.9 Å². The Labute approximate surface area is 264 Å². The zero-order valence-electron chi connectivity index (χ0n) is 25.4. The fourth-order valence-corrected chi connectivity index (χ4v) is 7.62. The highest BCUT2D eigenvalue weighted by Crippen LogP contribution is 2.46. The smallest absolute Gasteiger partial charge is 0.370 e. The van der Waals surface area contributed by atoms with Gasteiger partial charge in [-0.05, 0) is 85.9 Å². The Balaban J connectivity index is 2.05. The van der Waals surface area contributed by atoms with Gasteiger partial charge < -0.3 is 4.74 Å². The second-order valence-corrected chi connectivity index (χ2v) is 14.8. The number of ether oxygens (including phenoxy) is 1. The fourth-order valence-electron chi connectivity index (χ4n) is 5.63. The van der Waals surface area contributed by atoms with Crippen LogP contribution in [0.5, 0.6) is 0 Å². The van der Waals surface area contributed by atoms with E-state index in [0.29, 0.717) is 17.7 Å². The zero-order chi connectivity index (χ0) is 34.5.